The van der Waals surface area contributed by atoms with Gasteiger partial charge in [0.15, 0.2) is 11.0 Å². The second-order valence-corrected chi connectivity index (χ2v) is 7.77. The molecule has 2 aliphatic heterocycles. The van der Waals surface area contributed by atoms with Crippen molar-refractivity contribution < 1.29 is 9.53 Å². The van der Waals surface area contributed by atoms with Crippen molar-refractivity contribution >= 4 is 16.7 Å². The number of carbonyl (C=O) groups is 1. The molecule has 1 aliphatic carbocycles. The van der Waals surface area contributed by atoms with Crippen LogP contribution < -0.4 is 0 Å². The molecule has 0 N–H and O–H groups in total. The van der Waals surface area contributed by atoms with Crippen molar-refractivity contribution in [3.05, 3.63) is 0 Å². The molecule has 0 aromatic carbocycles. The summed E-state index contributed by atoms with van der Waals surface area (Å²) in [4.78, 5) is 12.5. The Hall–Kier alpha value is -0.0200. The van der Waals surface area contributed by atoms with Gasteiger partial charge in [-0.25, -0.2) is 0 Å². The van der Waals surface area contributed by atoms with Crippen molar-refractivity contribution in [1.82, 2.24) is 0 Å². The van der Waals surface area contributed by atoms with E-state index in [-0.39, 0.29) is 17.3 Å². The maximum atomic E-state index is 12.5. The van der Waals surface area contributed by atoms with Gasteiger partial charge >= 0.3 is 0 Å². The Kier molecular flexibility index (Phi) is 3.25. The van der Waals surface area contributed by atoms with Gasteiger partial charge in [0.05, 0.1) is 6.10 Å². The molecule has 2 heterocycles. The standard InChI is InChI=1S/C13H21O2S/c14-13-10-5-1-2-6-11(10)15-9-12(13)16-7-3-4-8-16/h10-12H,1-9H2/q+1. The third kappa shape index (κ3) is 1.92. The molecular weight excluding hydrogens is 220 g/mol. The second kappa shape index (κ2) is 4.69. The summed E-state index contributed by atoms with van der Waals surface area (Å²) in [5, 5.41) is 0.279. The molecule has 3 unspecified atom stereocenters. The molecule has 0 bridgehead atoms. The van der Waals surface area contributed by atoms with Crippen LogP contribution in [0.25, 0.3) is 0 Å². The van der Waals surface area contributed by atoms with E-state index in [1.807, 2.05) is 0 Å². The van der Waals surface area contributed by atoms with Gasteiger partial charge in [-0.05, 0) is 25.7 Å². The van der Waals surface area contributed by atoms with E-state index in [9.17, 15) is 4.79 Å². The molecule has 3 atom stereocenters. The van der Waals surface area contributed by atoms with Crippen LogP contribution in [0.4, 0.5) is 0 Å². The van der Waals surface area contributed by atoms with Crippen LogP contribution in [-0.2, 0) is 20.4 Å². The van der Waals surface area contributed by atoms with E-state index < -0.39 is 0 Å². The van der Waals surface area contributed by atoms with Crippen molar-refractivity contribution in [3.63, 3.8) is 0 Å². The fourth-order valence-corrected chi connectivity index (χ4v) is 6.07. The molecule has 0 aromatic rings. The lowest BCUT2D eigenvalue weighted by Crippen LogP contribution is -2.50. The van der Waals surface area contributed by atoms with Crippen molar-refractivity contribution in [2.45, 2.75) is 49.9 Å². The topological polar surface area (TPSA) is 26.3 Å². The number of rotatable bonds is 1. The van der Waals surface area contributed by atoms with E-state index in [0.29, 0.717) is 16.7 Å². The van der Waals surface area contributed by atoms with E-state index in [1.165, 1.54) is 37.2 Å². The first kappa shape index (κ1) is 11.1. The summed E-state index contributed by atoms with van der Waals surface area (Å²) in [6, 6.07) is 0. The Bertz CT molecular complexity index is 273. The van der Waals surface area contributed by atoms with Crippen LogP contribution in [0.5, 0.6) is 0 Å². The number of hydrogen-bond acceptors (Lipinski definition) is 2. The molecular formula is C13H21O2S+. The molecule has 90 valence electrons. The van der Waals surface area contributed by atoms with E-state index in [4.69, 9.17) is 4.74 Å². The molecule has 3 heteroatoms. The molecule has 2 nitrogen and oxygen atoms in total. The Balaban J connectivity index is 1.70. The third-order valence-electron chi connectivity index (χ3n) is 4.31. The van der Waals surface area contributed by atoms with Gasteiger partial charge in [0, 0.05) is 16.8 Å². The van der Waals surface area contributed by atoms with Gasteiger partial charge < -0.3 is 4.74 Å². The normalized spacial score (nSPS) is 41.0. The zero-order valence-corrected chi connectivity index (χ0v) is 10.6. The molecule has 0 radical (unpaired) electrons. The predicted molar refractivity (Wildman–Crippen MR) is 66.8 cm³/mol. The third-order valence-corrected chi connectivity index (χ3v) is 7.11. The summed E-state index contributed by atoms with van der Waals surface area (Å²) in [5.74, 6) is 3.41. The molecule has 3 rings (SSSR count). The molecule has 0 amide bonds. The van der Waals surface area contributed by atoms with Crippen LogP contribution in [0.3, 0.4) is 0 Å². The van der Waals surface area contributed by atoms with Crippen molar-refractivity contribution in [2.75, 3.05) is 18.1 Å². The van der Waals surface area contributed by atoms with E-state index >= 15 is 0 Å². The SMILES string of the molecule is O=C1C2CCCCC2OCC1[S+]1CCCC1. The first-order chi connectivity index (χ1) is 7.86. The van der Waals surface area contributed by atoms with Gasteiger partial charge in [-0.15, -0.1) is 0 Å². The lowest BCUT2D eigenvalue weighted by atomic mass is 9.81. The molecule has 3 aliphatic rings. The van der Waals surface area contributed by atoms with Gasteiger partial charge in [-0.3, -0.25) is 4.79 Å². The molecule has 0 spiro atoms. The van der Waals surface area contributed by atoms with Crippen LogP contribution in [0.15, 0.2) is 0 Å². The lowest BCUT2D eigenvalue weighted by molar-refractivity contribution is -0.139. The fourth-order valence-electron chi connectivity index (χ4n) is 3.38. The maximum absolute atomic E-state index is 12.5. The summed E-state index contributed by atoms with van der Waals surface area (Å²) in [5.41, 5.74) is 0. The van der Waals surface area contributed by atoms with Gasteiger partial charge in [0.25, 0.3) is 0 Å². The van der Waals surface area contributed by atoms with Gasteiger partial charge in [0.2, 0.25) is 0 Å². The van der Waals surface area contributed by atoms with Crippen LogP contribution in [-0.4, -0.2) is 35.2 Å². The minimum Gasteiger partial charge on any atom is -0.372 e. The Labute approximate surface area is 100 Å². The number of hydrogen-bond donors (Lipinski definition) is 0. The number of ketones is 1. The van der Waals surface area contributed by atoms with Crippen LogP contribution in [0, 0.1) is 5.92 Å². The number of ether oxygens (including phenoxy) is 1. The monoisotopic (exact) mass is 241 g/mol. The molecule has 16 heavy (non-hydrogen) atoms. The van der Waals surface area contributed by atoms with E-state index in [0.717, 1.165) is 19.4 Å². The lowest BCUT2D eigenvalue weighted by Gasteiger charge is -2.36. The number of fused-ring (bicyclic) bond motifs is 1. The average molecular weight is 241 g/mol. The zero-order chi connectivity index (χ0) is 11.0. The minimum absolute atomic E-state index is 0.264. The van der Waals surface area contributed by atoms with E-state index in [2.05, 4.69) is 0 Å². The van der Waals surface area contributed by atoms with E-state index in [1.54, 1.807) is 0 Å². The van der Waals surface area contributed by atoms with Crippen LogP contribution >= 0.6 is 0 Å². The Morgan fingerprint density at radius 2 is 1.81 bits per heavy atom. The molecule has 0 aromatic heterocycles. The van der Waals surface area contributed by atoms with Crippen molar-refractivity contribution in [2.24, 2.45) is 5.92 Å². The number of carbonyl (C=O) groups excluding carboxylic acids is 1. The largest absolute Gasteiger partial charge is 0.372 e. The van der Waals surface area contributed by atoms with Gasteiger partial charge in [-0.2, -0.15) is 0 Å². The Morgan fingerprint density at radius 3 is 2.62 bits per heavy atom. The average Bonchev–Trinajstić information content (AvgIpc) is 2.83. The zero-order valence-electron chi connectivity index (χ0n) is 9.82. The van der Waals surface area contributed by atoms with Crippen LogP contribution in [0.2, 0.25) is 0 Å². The molecule has 1 saturated carbocycles. The Morgan fingerprint density at radius 1 is 1.06 bits per heavy atom. The van der Waals surface area contributed by atoms with Crippen molar-refractivity contribution in [3.8, 4) is 0 Å². The summed E-state index contributed by atoms with van der Waals surface area (Å²) >= 11 is 0. The first-order valence-electron chi connectivity index (χ1n) is 6.68. The maximum Gasteiger partial charge on any atom is 0.199 e. The van der Waals surface area contributed by atoms with Gasteiger partial charge in [0.1, 0.15) is 18.1 Å². The minimum atomic E-state index is 0.264. The molecule has 3 fully saturated rings. The highest BCUT2D eigenvalue weighted by Gasteiger charge is 2.48. The van der Waals surface area contributed by atoms with Crippen LogP contribution in [0.1, 0.15) is 38.5 Å². The number of Topliss-reactive ketones (excluding diaryl/α,β-unsaturated/α-hetero) is 1. The summed E-state index contributed by atoms with van der Waals surface area (Å²) < 4.78 is 5.96. The highest BCUT2D eigenvalue weighted by atomic mass is 32.2. The summed E-state index contributed by atoms with van der Waals surface area (Å²) in [7, 11) is 0.367. The predicted octanol–water partition coefficient (Wildman–Crippen LogP) is 1.93. The smallest absolute Gasteiger partial charge is 0.199 e. The molecule has 2 saturated heterocycles. The highest BCUT2D eigenvalue weighted by molar-refractivity contribution is 7.98. The summed E-state index contributed by atoms with van der Waals surface area (Å²) in [6.45, 7) is 0.739. The highest BCUT2D eigenvalue weighted by Crippen LogP contribution is 2.35. The summed E-state index contributed by atoms with van der Waals surface area (Å²) in [6.07, 6.45) is 7.65. The quantitative estimate of drug-likeness (QED) is 0.656. The van der Waals surface area contributed by atoms with Gasteiger partial charge in [-0.1, -0.05) is 12.8 Å². The first-order valence-corrected chi connectivity index (χ1v) is 8.30. The fraction of sp³-hybridized carbons (Fsp3) is 0.923. The second-order valence-electron chi connectivity index (χ2n) is 5.31. The van der Waals surface area contributed by atoms with Crippen molar-refractivity contribution in [1.29, 1.82) is 0 Å².